The van der Waals surface area contributed by atoms with Crippen LogP contribution in [0, 0.1) is 0 Å². The molecule has 3 unspecified atom stereocenters. The van der Waals surface area contributed by atoms with E-state index in [-0.39, 0.29) is 25.9 Å². The third kappa shape index (κ3) is 56.7. The third-order valence-corrected chi connectivity index (χ3v) is 15.3. The molecule has 0 aliphatic carbocycles. The van der Waals surface area contributed by atoms with Gasteiger partial charge in [0.25, 0.3) is 0 Å². The van der Waals surface area contributed by atoms with Crippen LogP contribution in [0.2, 0.25) is 0 Å². The molecular formula is C64H121O11P. The second kappa shape index (κ2) is 59.1. The van der Waals surface area contributed by atoms with E-state index < -0.39 is 57.8 Å². The quantitative estimate of drug-likeness (QED) is 0.0197. The zero-order valence-electron chi connectivity index (χ0n) is 49.7. The zero-order valence-corrected chi connectivity index (χ0v) is 50.6. The molecular weight excluding hydrogens is 976 g/mol. The topological polar surface area (TPSA) is 155 Å². The minimum atomic E-state index is -4.75. The number of hydrogen-bond acceptors (Lipinski definition) is 10. The summed E-state index contributed by atoms with van der Waals surface area (Å²) < 4.78 is 39.7. The van der Waals surface area contributed by atoms with Crippen molar-refractivity contribution in [1.29, 1.82) is 0 Å². The van der Waals surface area contributed by atoms with Crippen molar-refractivity contribution in [2.45, 2.75) is 341 Å². The van der Waals surface area contributed by atoms with Gasteiger partial charge in [-0.3, -0.25) is 23.4 Å². The molecule has 0 rings (SSSR count). The number of rotatable bonds is 61. The molecule has 2 N–H and O–H groups in total. The SMILES string of the molecule is CCCCCC/C=C\CCCCCCCC(=O)OC(CO)COP(=O)(O)OCC(COC(=O)CCCCCCCCCCC/C=C\CCCCCCCC)OC(=O)CCCCCCCCCCCCCCCCCCC. The highest BCUT2D eigenvalue weighted by Crippen LogP contribution is 2.43. The molecule has 0 heterocycles. The Labute approximate surface area is 468 Å². The first kappa shape index (κ1) is 74.0. The number of ether oxygens (including phenoxy) is 3. The zero-order chi connectivity index (χ0) is 55.5. The molecule has 0 saturated heterocycles. The van der Waals surface area contributed by atoms with Gasteiger partial charge in [0, 0.05) is 19.3 Å². The lowest BCUT2D eigenvalue weighted by molar-refractivity contribution is -0.161. The summed E-state index contributed by atoms with van der Waals surface area (Å²) in [6.07, 6.45) is 61.3. The maximum absolute atomic E-state index is 12.9. The van der Waals surface area contributed by atoms with Crippen LogP contribution in [0.25, 0.3) is 0 Å². The van der Waals surface area contributed by atoms with Gasteiger partial charge >= 0.3 is 25.7 Å². The number of aliphatic hydroxyl groups is 1. The van der Waals surface area contributed by atoms with Crippen LogP contribution in [0.3, 0.4) is 0 Å². The van der Waals surface area contributed by atoms with Crippen molar-refractivity contribution in [2.24, 2.45) is 0 Å². The molecule has 0 amide bonds. The van der Waals surface area contributed by atoms with Gasteiger partial charge in [-0.1, -0.05) is 263 Å². The van der Waals surface area contributed by atoms with Crippen LogP contribution in [0.5, 0.6) is 0 Å². The molecule has 0 aliphatic rings. The molecule has 0 radical (unpaired) electrons. The number of aliphatic hydroxyl groups excluding tert-OH is 1. The van der Waals surface area contributed by atoms with E-state index in [1.54, 1.807) is 0 Å². The maximum Gasteiger partial charge on any atom is 0.472 e. The lowest BCUT2D eigenvalue weighted by atomic mass is 10.0. The summed E-state index contributed by atoms with van der Waals surface area (Å²) >= 11 is 0. The van der Waals surface area contributed by atoms with E-state index in [0.29, 0.717) is 19.3 Å². The standard InChI is InChI=1S/C64H121O11P/c1-4-7-10-13-16-19-22-25-27-29-30-32-33-36-38-41-44-47-50-53-62(66)71-57-61(75-64(68)55-52-49-46-43-40-37-34-31-28-26-23-20-17-14-11-8-5-2)59-73-76(69,70)72-58-60(56-65)74-63(67)54-51-48-45-42-39-35-24-21-18-15-12-9-6-3/h21,24-25,27,60-61,65H,4-20,22-23,26,28-59H2,1-3H3,(H,69,70)/b24-21-,27-25-. The lowest BCUT2D eigenvalue weighted by Crippen LogP contribution is -2.30. The Morgan fingerprint density at radius 1 is 0.355 bits per heavy atom. The van der Waals surface area contributed by atoms with Crippen molar-refractivity contribution in [2.75, 3.05) is 26.4 Å². The lowest BCUT2D eigenvalue weighted by Gasteiger charge is -2.21. The summed E-state index contributed by atoms with van der Waals surface area (Å²) in [6, 6.07) is 0. The summed E-state index contributed by atoms with van der Waals surface area (Å²) in [4.78, 5) is 48.7. The highest BCUT2D eigenvalue weighted by atomic mass is 31.2. The van der Waals surface area contributed by atoms with Gasteiger partial charge in [0.2, 0.25) is 0 Å². The van der Waals surface area contributed by atoms with Crippen molar-refractivity contribution in [1.82, 2.24) is 0 Å². The van der Waals surface area contributed by atoms with E-state index in [0.717, 1.165) is 77.0 Å². The van der Waals surface area contributed by atoms with E-state index in [4.69, 9.17) is 23.3 Å². The maximum atomic E-state index is 12.9. The van der Waals surface area contributed by atoms with Crippen LogP contribution in [0.1, 0.15) is 329 Å². The molecule has 0 fully saturated rings. The monoisotopic (exact) mass is 1100 g/mol. The Morgan fingerprint density at radius 3 is 0.921 bits per heavy atom. The van der Waals surface area contributed by atoms with Crippen molar-refractivity contribution >= 4 is 25.7 Å². The first-order valence-electron chi connectivity index (χ1n) is 32.2. The molecule has 0 aliphatic heterocycles. The fourth-order valence-corrected chi connectivity index (χ4v) is 10.2. The molecule has 448 valence electrons. The average molecular weight is 1100 g/mol. The number of carbonyl (C=O) groups is 3. The smallest absolute Gasteiger partial charge is 0.462 e. The van der Waals surface area contributed by atoms with E-state index in [1.807, 2.05) is 0 Å². The molecule has 0 bridgehead atoms. The summed E-state index contributed by atoms with van der Waals surface area (Å²) in [7, 11) is -4.75. The van der Waals surface area contributed by atoms with Crippen LogP contribution in [0.4, 0.5) is 0 Å². The van der Waals surface area contributed by atoms with Crippen LogP contribution in [-0.4, -0.2) is 66.5 Å². The summed E-state index contributed by atoms with van der Waals surface area (Å²) in [6.45, 7) is 4.69. The number of phosphoric acid groups is 1. The average Bonchev–Trinajstić information content (AvgIpc) is 3.41. The highest BCUT2D eigenvalue weighted by Gasteiger charge is 2.28. The van der Waals surface area contributed by atoms with Crippen LogP contribution in [0.15, 0.2) is 24.3 Å². The molecule has 0 aromatic heterocycles. The van der Waals surface area contributed by atoms with Gasteiger partial charge in [0.15, 0.2) is 6.10 Å². The summed E-state index contributed by atoms with van der Waals surface area (Å²) in [5, 5.41) is 9.83. The van der Waals surface area contributed by atoms with Gasteiger partial charge in [-0.15, -0.1) is 0 Å². The Hall–Kier alpha value is -2.04. The van der Waals surface area contributed by atoms with E-state index in [2.05, 4.69) is 45.1 Å². The molecule has 0 aromatic carbocycles. The molecule has 0 saturated carbocycles. The molecule has 11 nitrogen and oxygen atoms in total. The Balaban J connectivity index is 4.66. The fraction of sp³-hybridized carbons (Fsp3) is 0.891. The van der Waals surface area contributed by atoms with Crippen molar-refractivity contribution < 1.29 is 52.2 Å². The van der Waals surface area contributed by atoms with Crippen LogP contribution < -0.4 is 0 Å². The Morgan fingerprint density at radius 2 is 0.605 bits per heavy atom. The fourth-order valence-electron chi connectivity index (χ4n) is 9.41. The van der Waals surface area contributed by atoms with Gasteiger partial charge in [-0.2, -0.15) is 0 Å². The number of hydrogen-bond donors (Lipinski definition) is 2. The third-order valence-electron chi connectivity index (χ3n) is 14.3. The first-order valence-corrected chi connectivity index (χ1v) is 33.7. The highest BCUT2D eigenvalue weighted by molar-refractivity contribution is 7.47. The molecule has 0 spiro atoms. The van der Waals surface area contributed by atoms with Crippen LogP contribution in [-0.2, 0) is 42.2 Å². The van der Waals surface area contributed by atoms with Crippen molar-refractivity contribution in [3.8, 4) is 0 Å². The predicted molar refractivity (Wildman–Crippen MR) is 316 cm³/mol. The van der Waals surface area contributed by atoms with E-state index >= 15 is 0 Å². The van der Waals surface area contributed by atoms with E-state index in [1.165, 1.54) is 193 Å². The summed E-state index contributed by atoms with van der Waals surface area (Å²) in [5.41, 5.74) is 0. The number of allylic oxidation sites excluding steroid dienone is 4. The number of carbonyl (C=O) groups excluding carboxylic acids is 3. The van der Waals surface area contributed by atoms with Gasteiger partial charge in [0.1, 0.15) is 12.7 Å². The predicted octanol–water partition coefficient (Wildman–Crippen LogP) is 19.4. The number of phosphoric ester groups is 1. The van der Waals surface area contributed by atoms with Crippen molar-refractivity contribution in [3.63, 3.8) is 0 Å². The van der Waals surface area contributed by atoms with Crippen LogP contribution >= 0.6 is 7.82 Å². The second-order valence-electron chi connectivity index (χ2n) is 21.9. The largest absolute Gasteiger partial charge is 0.472 e. The van der Waals surface area contributed by atoms with Gasteiger partial charge in [-0.25, -0.2) is 4.57 Å². The van der Waals surface area contributed by atoms with Gasteiger partial charge in [0.05, 0.1) is 19.8 Å². The molecule has 0 aromatic rings. The van der Waals surface area contributed by atoms with Crippen molar-refractivity contribution in [3.05, 3.63) is 24.3 Å². The molecule has 3 atom stereocenters. The molecule has 12 heteroatoms. The Bertz CT molecular complexity index is 1370. The van der Waals surface area contributed by atoms with Gasteiger partial charge in [-0.05, 0) is 70.6 Å². The normalized spacial score (nSPS) is 13.4. The summed E-state index contributed by atoms with van der Waals surface area (Å²) in [5.74, 6) is -1.44. The second-order valence-corrected chi connectivity index (χ2v) is 23.4. The number of unbranched alkanes of at least 4 members (excludes halogenated alkanes) is 40. The van der Waals surface area contributed by atoms with E-state index in [9.17, 15) is 28.9 Å². The Kier molecular flexibility index (Phi) is 57.5. The minimum absolute atomic E-state index is 0.171. The first-order chi connectivity index (χ1) is 37.2. The van der Waals surface area contributed by atoms with Gasteiger partial charge < -0.3 is 24.2 Å². The number of esters is 3. The minimum Gasteiger partial charge on any atom is -0.462 e. The molecule has 76 heavy (non-hydrogen) atoms.